The molecule has 0 saturated carbocycles. The summed E-state index contributed by atoms with van der Waals surface area (Å²) in [4.78, 5) is 30.5. The van der Waals surface area contributed by atoms with Crippen LogP contribution in [0.2, 0.25) is 0 Å². The lowest BCUT2D eigenvalue weighted by atomic mass is 9.88. The Hall–Kier alpha value is -2.66. The molecule has 1 unspecified atom stereocenters. The maximum Gasteiger partial charge on any atom is 0.244 e. The van der Waals surface area contributed by atoms with Crippen molar-refractivity contribution in [3.63, 3.8) is 0 Å². The minimum atomic E-state index is -0.268. The molecule has 30 heavy (non-hydrogen) atoms. The van der Waals surface area contributed by atoms with Gasteiger partial charge in [-0.2, -0.15) is 0 Å². The minimum absolute atomic E-state index is 0.0360. The largest absolute Gasteiger partial charge is 0.497 e. The van der Waals surface area contributed by atoms with Crippen LogP contribution < -0.4 is 4.74 Å². The topological polar surface area (TPSA) is 49.9 Å². The number of carbonyl (C=O) groups excluding carboxylic acids is 2. The van der Waals surface area contributed by atoms with Crippen LogP contribution in [-0.2, 0) is 4.79 Å². The molecular weight excluding hydrogens is 376 g/mol. The molecule has 1 heterocycles. The van der Waals surface area contributed by atoms with Gasteiger partial charge in [-0.05, 0) is 55.8 Å². The maximum atomic E-state index is 13.5. The molecule has 1 saturated heterocycles. The summed E-state index contributed by atoms with van der Waals surface area (Å²) in [7, 11) is 1.62. The predicted octanol–water partition coefficient (Wildman–Crippen LogP) is 4.20. The van der Waals surface area contributed by atoms with Gasteiger partial charge in [0, 0.05) is 24.6 Å². The van der Waals surface area contributed by atoms with Crippen molar-refractivity contribution in [3.8, 4) is 5.75 Å². The number of piperidine rings is 1. The molecule has 160 valence electrons. The van der Waals surface area contributed by atoms with Gasteiger partial charge in [-0.15, -0.1) is 0 Å². The number of likely N-dealkylation sites (tertiary alicyclic amines) is 1. The molecular formula is C25H32N2O3. The SMILES string of the molecule is CCN(CC)C(C(=O)N1CCC(C(=O)c2ccc(OC)cc2)CC1)c1ccccc1. The number of carbonyl (C=O) groups is 2. The standard InChI is InChI=1S/C25H32N2O3/c1-4-26(5-2)23(19-9-7-6-8-10-19)25(29)27-17-15-21(16-18-27)24(28)20-11-13-22(30-3)14-12-20/h6-14,21,23H,4-5,15-18H2,1-3H3. The summed E-state index contributed by atoms with van der Waals surface area (Å²) in [6.45, 7) is 7.05. The summed E-state index contributed by atoms with van der Waals surface area (Å²) in [6.07, 6.45) is 1.41. The highest BCUT2D eigenvalue weighted by Gasteiger charge is 2.33. The van der Waals surface area contributed by atoms with Crippen molar-refractivity contribution >= 4 is 11.7 Å². The third-order valence-electron chi connectivity index (χ3n) is 6.08. The molecule has 1 aliphatic heterocycles. The van der Waals surface area contributed by atoms with Crippen molar-refractivity contribution < 1.29 is 14.3 Å². The maximum absolute atomic E-state index is 13.5. The van der Waals surface area contributed by atoms with E-state index in [1.54, 1.807) is 7.11 Å². The first-order valence-electron chi connectivity index (χ1n) is 10.8. The molecule has 0 spiro atoms. The van der Waals surface area contributed by atoms with Gasteiger partial charge >= 0.3 is 0 Å². The molecule has 0 aliphatic carbocycles. The second-order valence-corrected chi connectivity index (χ2v) is 7.73. The molecule has 3 rings (SSSR count). The van der Waals surface area contributed by atoms with Gasteiger partial charge in [-0.25, -0.2) is 0 Å². The van der Waals surface area contributed by atoms with Crippen molar-refractivity contribution in [1.82, 2.24) is 9.80 Å². The van der Waals surface area contributed by atoms with Crippen LogP contribution >= 0.6 is 0 Å². The molecule has 1 aliphatic rings. The monoisotopic (exact) mass is 408 g/mol. The van der Waals surface area contributed by atoms with Crippen LogP contribution in [0.5, 0.6) is 5.75 Å². The second-order valence-electron chi connectivity index (χ2n) is 7.73. The normalized spacial score (nSPS) is 15.8. The number of hydrogen-bond acceptors (Lipinski definition) is 4. The van der Waals surface area contributed by atoms with Crippen LogP contribution in [0.25, 0.3) is 0 Å². The first kappa shape index (κ1) is 22.0. The van der Waals surface area contributed by atoms with Crippen molar-refractivity contribution in [2.45, 2.75) is 32.7 Å². The third kappa shape index (κ3) is 4.90. The molecule has 5 nitrogen and oxygen atoms in total. The molecule has 2 aromatic rings. The van der Waals surface area contributed by atoms with Crippen molar-refractivity contribution in [1.29, 1.82) is 0 Å². The average Bonchev–Trinajstić information content (AvgIpc) is 2.82. The highest BCUT2D eigenvalue weighted by molar-refractivity contribution is 5.98. The molecule has 0 radical (unpaired) electrons. The number of Topliss-reactive ketones (excluding diaryl/α,β-unsaturated/α-hetero) is 1. The molecule has 1 amide bonds. The summed E-state index contributed by atoms with van der Waals surface area (Å²) in [5.74, 6) is 1.01. The number of methoxy groups -OCH3 is 1. The fourth-order valence-electron chi connectivity index (χ4n) is 4.26. The number of benzene rings is 2. The van der Waals surface area contributed by atoms with E-state index in [-0.39, 0.29) is 23.7 Å². The second kappa shape index (κ2) is 10.4. The van der Waals surface area contributed by atoms with E-state index in [1.807, 2.05) is 59.5 Å². The quantitative estimate of drug-likeness (QED) is 0.614. The first-order chi connectivity index (χ1) is 14.6. The molecule has 2 aromatic carbocycles. The number of ketones is 1. The summed E-state index contributed by atoms with van der Waals surface area (Å²) in [5, 5.41) is 0. The van der Waals surface area contributed by atoms with Gasteiger partial charge in [0.25, 0.3) is 0 Å². The van der Waals surface area contributed by atoms with E-state index < -0.39 is 0 Å². The van der Waals surface area contributed by atoms with Gasteiger partial charge in [-0.1, -0.05) is 44.2 Å². The summed E-state index contributed by atoms with van der Waals surface area (Å²) in [6, 6.07) is 17.0. The zero-order valence-corrected chi connectivity index (χ0v) is 18.2. The van der Waals surface area contributed by atoms with E-state index in [4.69, 9.17) is 4.74 Å². The summed E-state index contributed by atoms with van der Waals surface area (Å²) in [5.41, 5.74) is 1.74. The van der Waals surface area contributed by atoms with Gasteiger partial charge in [0.1, 0.15) is 11.8 Å². The molecule has 0 N–H and O–H groups in total. The molecule has 0 aromatic heterocycles. The Morgan fingerprint density at radius 1 is 1.00 bits per heavy atom. The number of amides is 1. The van der Waals surface area contributed by atoms with E-state index in [9.17, 15) is 9.59 Å². The van der Waals surface area contributed by atoms with E-state index >= 15 is 0 Å². The van der Waals surface area contributed by atoms with Gasteiger partial charge in [0.2, 0.25) is 5.91 Å². The zero-order chi connectivity index (χ0) is 21.5. The van der Waals surface area contributed by atoms with Crippen molar-refractivity contribution in [3.05, 3.63) is 65.7 Å². The fourth-order valence-corrected chi connectivity index (χ4v) is 4.26. The smallest absolute Gasteiger partial charge is 0.244 e. The molecule has 1 atom stereocenters. The van der Waals surface area contributed by atoms with Crippen LogP contribution in [0.15, 0.2) is 54.6 Å². The van der Waals surface area contributed by atoms with Crippen molar-refractivity contribution in [2.24, 2.45) is 5.92 Å². The molecule has 0 bridgehead atoms. The lowest BCUT2D eigenvalue weighted by molar-refractivity contribution is -0.138. The number of rotatable bonds is 8. The summed E-state index contributed by atoms with van der Waals surface area (Å²) >= 11 is 0. The van der Waals surface area contributed by atoms with Crippen molar-refractivity contribution in [2.75, 3.05) is 33.3 Å². The molecule has 5 heteroatoms. The van der Waals surface area contributed by atoms with E-state index in [0.29, 0.717) is 31.5 Å². The molecule has 1 fully saturated rings. The number of nitrogens with zero attached hydrogens (tertiary/aromatic N) is 2. The number of hydrogen-bond donors (Lipinski definition) is 0. The van der Waals surface area contributed by atoms with Gasteiger partial charge in [0.05, 0.1) is 7.11 Å². The first-order valence-corrected chi connectivity index (χ1v) is 10.8. The van der Waals surface area contributed by atoms with E-state index in [2.05, 4.69) is 18.7 Å². The van der Waals surface area contributed by atoms with E-state index in [1.165, 1.54) is 0 Å². The van der Waals surface area contributed by atoms with Gasteiger partial charge in [-0.3, -0.25) is 14.5 Å². The zero-order valence-electron chi connectivity index (χ0n) is 18.2. The Kier molecular flexibility index (Phi) is 7.63. The van der Waals surface area contributed by atoms with Gasteiger partial charge < -0.3 is 9.64 Å². The Morgan fingerprint density at radius 2 is 1.60 bits per heavy atom. The van der Waals surface area contributed by atoms with Crippen LogP contribution in [0.4, 0.5) is 0 Å². The van der Waals surface area contributed by atoms with E-state index in [0.717, 1.165) is 24.4 Å². The average molecular weight is 409 g/mol. The lowest BCUT2D eigenvalue weighted by Gasteiger charge is -2.37. The highest BCUT2D eigenvalue weighted by Crippen LogP contribution is 2.28. The Balaban J connectivity index is 1.67. The Morgan fingerprint density at radius 3 is 2.13 bits per heavy atom. The highest BCUT2D eigenvalue weighted by atomic mass is 16.5. The van der Waals surface area contributed by atoms with Crippen LogP contribution in [0.1, 0.15) is 48.7 Å². The van der Waals surface area contributed by atoms with Crippen LogP contribution in [0, 0.1) is 5.92 Å². The predicted molar refractivity (Wildman–Crippen MR) is 119 cm³/mol. The lowest BCUT2D eigenvalue weighted by Crippen LogP contribution is -2.47. The Bertz CT molecular complexity index is 823. The van der Waals surface area contributed by atoms with Crippen LogP contribution in [-0.4, -0.2) is 54.8 Å². The minimum Gasteiger partial charge on any atom is -0.497 e. The third-order valence-corrected chi connectivity index (χ3v) is 6.08. The van der Waals surface area contributed by atoms with Gasteiger partial charge in [0.15, 0.2) is 5.78 Å². The summed E-state index contributed by atoms with van der Waals surface area (Å²) < 4.78 is 5.17. The van der Waals surface area contributed by atoms with Crippen LogP contribution in [0.3, 0.4) is 0 Å². The Labute approximate surface area is 179 Å². The number of likely N-dealkylation sites (N-methyl/N-ethyl adjacent to an activating group) is 1. The fraction of sp³-hybridized carbons (Fsp3) is 0.440. The number of ether oxygens (including phenoxy) is 1.